The molecule has 0 spiro atoms. The van der Waals surface area contributed by atoms with E-state index in [0.717, 1.165) is 60.0 Å². The number of ether oxygens (including phenoxy) is 2. The molecular formula is C21H28N4O3. The Kier molecular flexibility index (Phi) is 6.71. The molecule has 0 amide bonds. The summed E-state index contributed by atoms with van der Waals surface area (Å²) in [6.45, 7) is 7.98. The van der Waals surface area contributed by atoms with Gasteiger partial charge in [0.1, 0.15) is 12.4 Å². The third kappa shape index (κ3) is 4.92. The van der Waals surface area contributed by atoms with E-state index in [1.54, 1.807) is 7.11 Å². The Labute approximate surface area is 165 Å². The van der Waals surface area contributed by atoms with Gasteiger partial charge in [0.15, 0.2) is 11.5 Å². The first-order valence-corrected chi connectivity index (χ1v) is 9.49. The van der Waals surface area contributed by atoms with Gasteiger partial charge in [0.05, 0.1) is 24.6 Å². The summed E-state index contributed by atoms with van der Waals surface area (Å²) in [7, 11) is 1.66. The summed E-state index contributed by atoms with van der Waals surface area (Å²) in [5.74, 6) is 2.21. The Balaban J connectivity index is 1.49. The average molecular weight is 384 g/mol. The van der Waals surface area contributed by atoms with Gasteiger partial charge in [0.2, 0.25) is 0 Å². The van der Waals surface area contributed by atoms with Crippen molar-refractivity contribution in [3.8, 4) is 11.5 Å². The molecular weight excluding hydrogens is 356 g/mol. The minimum Gasteiger partial charge on any atom is -0.493 e. The molecule has 2 aromatic heterocycles. The molecule has 150 valence electrons. The normalized spacial score (nSPS) is 11.0. The van der Waals surface area contributed by atoms with Crippen molar-refractivity contribution in [1.82, 2.24) is 20.7 Å². The van der Waals surface area contributed by atoms with Crippen molar-refractivity contribution in [1.29, 1.82) is 0 Å². The van der Waals surface area contributed by atoms with Crippen LogP contribution in [-0.2, 0) is 19.6 Å². The fourth-order valence-corrected chi connectivity index (χ4v) is 3.06. The number of H-pyrrole nitrogens is 1. The Bertz CT molecular complexity index is 881. The van der Waals surface area contributed by atoms with Gasteiger partial charge in [-0.3, -0.25) is 5.10 Å². The predicted octanol–water partition coefficient (Wildman–Crippen LogP) is 3.63. The molecule has 3 aromatic rings. The lowest BCUT2D eigenvalue weighted by Gasteiger charge is -2.12. The van der Waals surface area contributed by atoms with Gasteiger partial charge in [-0.25, -0.2) is 0 Å². The van der Waals surface area contributed by atoms with E-state index in [9.17, 15) is 0 Å². The van der Waals surface area contributed by atoms with Gasteiger partial charge in [-0.15, -0.1) is 0 Å². The van der Waals surface area contributed by atoms with E-state index >= 15 is 0 Å². The summed E-state index contributed by atoms with van der Waals surface area (Å²) in [4.78, 5) is 0. The topological polar surface area (TPSA) is 85.2 Å². The summed E-state index contributed by atoms with van der Waals surface area (Å²) >= 11 is 0. The maximum Gasteiger partial charge on any atom is 0.161 e. The van der Waals surface area contributed by atoms with E-state index in [4.69, 9.17) is 14.0 Å². The van der Waals surface area contributed by atoms with Crippen LogP contribution >= 0.6 is 0 Å². The van der Waals surface area contributed by atoms with Crippen molar-refractivity contribution < 1.29 is 14.0 Å². The van der Waals surface area contributed by atoms with Crippen molar-refractivity contribution in [3.63, 3.8) is 0 Å². The Morgan fingerprint density at radius 1 is 1.18 bits per heavy atom. The molecule has 1 aromatic carbocycles. The molecule has 0 saturated carbocycles. The summed E-state index contributed by atoms with van der Waals surface area (Å²) < 4.78 is 16.6. The highest BCUT2D eigenvalue weighted by Gasteiger charge is 2.12. The molecule has 0 radical (unpaired) electrons. The Hall–Kier alpha value is -2.80. The zero-order chi connectivity index (χ0) is 19.9. The third-order valence-corrected chi connectivity index (χ3v) is 4.84. The van der Waals surface area contributed by atoms with Gasteiger partial charge < -0.3 is 19.3 Å². The molecule has 0 aliphatic carbocycles. The predicted molar refractivity (Wildman–Crippen MR) is 107 cm³/mol. The minimum atomic E-state index is 0.405. The maximum absolute atomic E-state index is 5.93. The number of methoxy groups -OCH3 is 1. The first-order valence-electron chi connectivity index (χ1n) is 9.49. The van der Waals surface area contributed by atoms with Crippen LogP contribution in [0.15, 0.2) is 28.9 Å². The number of hydrogen-bond acceptors (Lipinski definition) is 6. The zero-order valence-electron chi connectivity index (χ0n) is 17.0. The van der Waals surface area contributed by atoms with Crippen molar-refractivity contribution in [3.05, 3.63) is 58.2 Å². The molecule has 28 heavy (non-hydrogen) atoms. The van der Waals surface area contributed by atoms with Crippen LogP contribution in [0.2, 0.25) is 0 Å². The number of aryl methyl sites for hydroxylation is 4. The molecule has 2 heterocycles. The largest absolute Gasteiger partial charge is 0.493 e. The monoisotopic (exact) mass is 384 g/mol. The fraction of sp³-hybridized carbons (Fsp3) is 0.429. The molecule has 0 aliphatic rings. The second kappa shape index (κ2) is 9.41. The van der Waals surface area contributed by atoms with Crippen LogP contribution in [-0.4, -0.2) is 29.0 Å². The number of rotatable bonds is 10. The van der Waals surface area contributed by atoms with Crippen molar-refractivity contribution in [2.75, 3.05) is 13.7 Å². The van der Waals surface area contributed by atoms with Crippen molar-refractivity contribution >= 4 is 0 Å². The van der Waals surface area contributed by atoms with Crippen LogP contribution < -0.4 is 14.8 Å². The number of benzene rings is 1. The number of aromatic nitrogens is 3. The van der Waals surface area contributed by atoms with E-state index in [1.165, 1.54) is 5.56 Å². The zero-order valence-corrected chi connectivity index (χ0v) is 17.0. The van der Waals surface area contributed by atoms with Gasteiger partial charge in [-0.1, -0.05) is 11.2 Å². The molecule has 0 atom stereocenters. The lowest BCUT2D eigenvalue weighted by atomic mass is 10.1. The lowest BCUT2D eigenvalue weighted by Crippen LogP contribution is -2.15. The van der Waals surface area contributed by atoms with Gasteiger partial charge in [0, 0.05) is 12.2 Å². The standard InChI is InChI=1S/C21H28N4O3/c1-14-18(12-23-24-14)6-5-9-22-11-17-7-8-20(21(10-17)26-4)27-13-19-15(2)25-28-16(19)3/h7-8,10,12,22H,5-6,9,11,13H2,1-4H3,(H,23,24). The number of aromatic amines is 1. The highest BCUT2D eigenvalue weighted by molar-refractivity contribution is 5.43. The van der Waals surface area contributed by atoms with Gasteiger partial charge in [0.25, 0.3) is 0 Å². The number of nitrogens with zero attached hydrogens (tertiary/aromatic N) is 2. The highest BCUT2D eigenvalue weighted by Crippen LogP contribution is 2.29. The smallest absolute Gasteiger partial charge is 0.161 e. The van der Waals surface area contributed by atoms with E-state index in [1.807, 2.05) is 32.2 Å². The second-order valence-electron chi connectivity index (χ2n) is 6.88. The van der Waals surface area contributed by atoms with Crippen molar-refractivity contribution in [2.45, 2.75) is 46.8 Å². The molecule has 0 bridgehead atoms. The molecule has 3 rings (SSSR count). The van der Waals surface area contributed by atoms with Crippen LogP contribution in [0.3, 0.4) is 0 Å². The van der Waals surface area contributed by atoms with Crippen LogP contribution in [0.1, 0.15) is 40.3 Å². The minimum absolute atomic E-state index is 0.405. The molecule has 7 heteroatoms. The Morgan fingerprint density at radius 2 is 2.04 bits per heavy atom. The summed E-state index contributed by atoms with van der Waals surface area (Å²) in [6.07, 6.45) is 3.99. The molecule has 0 saturated heterocycles. The van der Waals surface area contributed by atoms with Crippen LogP contribution in [0.4, 0.5) is 0 Å². The molecule has 0 aliphatic heterocycles. The van der Waals surface area contributed by atoms with Crippen LogP contribution in [0.5, 0.6) is 11.5 Å². The molecule has 0 fully saturated rings. The van der Waals surface area contributed by atoms with Gasteiger partial charge in [-0.2, -0.15) is 5.10 Å². The molecule has 7 nitrogen and oxygen atoms in total. The van der Waals surface area contributed by atoms with Crippen LogP contribution in [0.25, 0.3) is 0 Å². The lowest BCUT2D eigenvalue weighted by molar-refractivity contribution is 0.281. The first kappa shape index (κ1) is 19.9. The van der Waals surface area contributed by atoms with E-state index in [0.29, 0.717) is 12.4 Å². The summed E-state index contributed by atoms with van der Waals surface area (Å²) in [5.41, 5.74) is 5.41. The number of nitrogens with one attached hydrogen (secondary N) is 2. The van der Waals surface area contributed by atoms with Crippen molar-refractivity contribution in [2.24, 2.45) is 0 Å². The molecule has 0 unspecified atom stereocenters. The first-order chi connectivity index (χ1) is 13.6. The maximum atomic E-state index is 5.93. The highest BCUT2D eigenvalue weighted by atomic mass is 16.5. The molecule has 2 N–H and O–H groups in total. The van der Waals surface area contributed by atoms with Gasteiger partial charge >= 0.3 is 0 Å². The third-order valence-electron chi connectivity index (χ3n) is 4.84. The SMILES string of the molecule is COc1cc(CNCCCc2cn[nH]c2C)ccc1OCc1c(C)noc1C. The van der Waals surface area contributed by atoms with Gasteiger partial charge in [-0.05, 0) is 63.4 Å². The summed E-state index contributed by atoms with van der Waals surface area (Å²) in [6, 6.07) is 6.01. The van der Waals surface area contributed by atoms with Crippen LogP contribution in [0, 0.1) is 20.8 Å². The van der Waals surface area contributed by atoms with E-state index in [2.05, 4.69) is 33.7 Å². The second-order valence-corrected chi connectivity index (χ2v) is 6.88. The fourth-order valence-electron chi connectivity index (χ4n) is 3.06. The number of hydrogen-bond donors (Lipinski definition) is 2. The summed E-state index contributed by atoms with van der Waals surface area (Å²) in [5, 5.41) is 14.5. The van der Waals surface area contributed by atoms with E-state index in [-0.39, 0.29) is 0 Å². The van der Waals surface area contributed by atoms with E-state index < -0.39 is 0 Å². The average Bonchev–Trinajstić information content (AvgIpc) is 3.25. The Morgan fingerprint density at radius 3 is 2.71 bits per heavy atom. The quantitative estimate of drug-likeness (QED) is 0.519.